The molecule has 0 aliphatic carbocycles. The average Bonchev–Trinajstić information content (AvgIpc) is 3.46. The van der Waals surface area contributed by atoms with E-state index in [1.165, 1.54) is 10.9 Å². The number of pyridine rings is 1. The Morgan fingerprint density at radius 2 is 2.00 bits per heavy atom. The predicted molar refractivity (Wildman–Crippen MR) is 121 cm³/mol. The zero-order valence-corrected chi connectivity index (χ0v) is 16.7. The highest BCUT2D eigenvalue weighted by atomic mass is 16.2. The quantitative estimate of drug-likeness (QED) is 0.396. The van der Waals surface area contributed by atoms with Gasteiger partial charge in [0.15, 0.2) is 5.65 Å². The molecule has 152 valence electrons. The van der Waals surface area contributed by atoms with Crippen molar-refractivity contribution in [1.29, 1.82) is 0 Å². The summed E-state index contributed by atoms with van der Waals surface area (Å²) in [7, 11) is 0. The number of fused-ring (bicyclic) bond motifs is 4. The Balaban J connectivity index is 1.34. The van der Waals surface area contributed by atoms with Crippen LogP contribution in [0.1, 0.15) is 11.1 Å². The van der Waals surface area contributed by atoms with E-state index >= 15 is 0 Å². The van der Waals surface area contributed by atoms with Crippen LogP contribution in [0.2, 0.25) is 0 Å². The number of H-pyrrole nitrogens is 2. The molecule has 7 nitrogen and oxygen atoms in total. The predicted octanol–water partition coefficient (Wildman–Crippen LogP) is 4.70. The second kappa shape index (κ2) is 6.98. The number of aromatic amines is 2. The van der Waals surface area contributed by atoms with E-state index in [1.54, 1.807) is 0 Å². The van der Waals surface area contributed by atoms with Crippen molar-refractivity contribution >= 4 is 33.7 Å². The maximum absolute atomic E-state index is 12.8. The first-order chi connectivity index (χ1) is 15.3. The number of benzene rings is 2. The summed E-state index contributed by atoms with van der Waals surface area (Å²) >= 11 is 0. The maximum atomic E-state index is 12.8. The molecule has 0 unspecified atom stereocenters. The van der Waals surface area contributed by atoms with Gasteiger partial charge in [-0.05, 0) is 47.2 Å². The molecule has 0 atom stereocenters. The molecular formula is C24H20N6O. The van der Waals surface area contributed by atoms with Gasteiger partial charge in [0, 0.05) is 42.3 Å². The first-order valence-electron chi connectivity index (χ1n) is 10.3. The maximum Gasteiger partial charge on any atom is 0.322 e. The molecule has 0 bridgehead atoms. The summed E-state index contributed by atoms with van der Waals surface area (Å²) < 4.78 is 0. The van der Waals surface area contributed by atoms with Crippen LogP contribution in [0, 0.1) is 0 Å². The summed E-state index contributed by atoms with van der Waals surface area (Å²) in [6, 6.07) is 17.8. The van der Waals surface area contributed by atoms with Crippen LogP contribution in [0.4, 0.5) is 10.5 Å². The summed E-state index contributed by atoms with van der Waals surface area (Å²) in [5.74, 6) is 0. The van der Waals surface area contributed by atoms with Gasteiger partial charge in [0.25, 0.3) is 0 Å². The van der Waals surface area contributed by atoms with Crippen LogP contribution in [0.15, 0.2) is 67.0 Å². The second-order valence-corrected chi connectivity index (χ2v) is 7.81. The molecule has 31 heavy (non-hydrogen) atoms. The number of urea groups is 1. The molecule has 0 spiro atoms. The molecule has 1 aliphatic rings. The van der Waals surface area contributed by atoms with Crippen molar-refractivity contribution in [3.63, 3.8) is 0 Å². The van der Waals surface area contributed by atoms with Crippen LogP contribution in [0.5, 0.6) is 0 Å². The van der Waals surface area contributed by atoms with Gasteiger partial charge in [0.05, 0.1) is 5.39 Å². The molecule has 3 N–H and O–H groups in total. The summed E-state index contributed by atoms with van der Waals surface area (Å²) in [6.07, 6.45) is 4.55. The highest BCUT2D eigenvalue weighted by Gasteiger charge is 2.25. The van der Waals surface area contributed by atoms with Gasteiger partial charge < -0.3 is 15.2 Å². The standard InChI is InChI=1S/C24H20N6O/c31-24(27-18-4-2-1-3-5-18)30-11-9-19-17(14-30)13-26-23-21(19)22(28-29-23)16-7-6-15-8-10-25-20(15)12-16/h1-8,10,12-13,25H,9,11,14H2,(H,27,31)(H,26,28,29). The number of nitrogens with zero attached hydrogens (tertiary/aromatic N) is 3. The van der Waals surface area contributed by atoms with Crippen LogP contribution in [-0.4, -0.2) is 37.6 Å². The third-order valence-corrected chi connectivity index (χ3v) is 5.92. The van der Waals surface area contributed by atoms with E-state index < -0.39 is 0 Å². The van der Waals surface area contributed by atoms with Crippen LogP contribution in [0.25, 0.3) is 33.2 Å². The van der Waals surface area contributed by atoms with Gasteiger partial charge in [-0.25, -0.2) is 9.78 Å². The highest BCUT2D eigenvalue weighted by molar-refractivity contribution is 5.97. The minimum atomic E-state index is -0.0958. The van der Waals surface area contributed by atoms with Crippen molar-refractivity contribution < 1.29 is 4.79 Å². The zero-order chi connectivity index (χ0) is 20.8. The zero-order valence-electron chi connectivity index (χ0n) is 16.7. The number of para-hydroxylation sites is 1. The highest BCUT2D eigenvalue weighted by Crippen LogP contribution is 2.33. The third kappa shape index (κ3) is 3.02. The SMILES string of the molecule is O=C(Nc1ccccc1)N1CCc2c(cnc3[nH]nc(-c4ccc5cc[nH]c5c4)c23)C1. The largest absolute Gasteiger partial charge is 0.361 e. The lowest BCUT2D eigenvalue weighted by molar-refractivity contribution is 0.206. The molecule has 0 saturated carbocycles. The van der Waals surface area contributed by atoms with Crippen molar-refractivity contribution in [3.05, 3.63) is 78.1 Å². The fraction of sp³-hybridized carbons (Fsp3) is 0.125. The van der Waals surface area contributed by atoms with Gasteiger partial charge in [0.2, 0.25) is 0 Å². The lowest BCUT2D eigenvalue weighted by atomic mass is 9.96. The minimum Gasteiger partial charge on any atom is -0.361 e. The Morgan fingerprint density at radius 1 is 1.10 bits per heavy atom. The first-order valence-corrected chi connectivity index (χ1v) is 10.3. The molecule has 0 radical (unpaired) electrons. The average molecular weight is 408 g/mol. The number of carbonyl (C=O) groups excluding carboxylic acids is 1. The molecule has 3 aromatic heterocycles. The van der Waals surface area contributed by atoms with Gasteiger partial charge in [0.1, 0.15) is 5.69 Å². The summed E-state index contributed by atoms with van der Waals surface area (Å²) in [6.45, 7) is 1.17. The fourth-order valence-corrected chi connectivity index (χ4v) is 4.35. The number of hydrogen-bond donors (Lipinski definition) is 3. The van der Waals surface area contributed by atoms with E-state index in [0.717, 1.165) is 45.5 Å². The fourth-order valence-electron chi connectivity index (χ4n) is 4.35. The second-order valence-electron chi connectivity index (χ2n) is 7.81. The number of hydrogen-bond acceptors (Lipinski definition) is 3. The molecule has 5 aromatic rings. The topological polar surface area (TPSA) is 89.7 Å². The lowest BCUT2D eigenvalue weighted by Crippen LogP contribution is -2.39. The monoisotopic (exact) mass is 408 g/mol. The summed E-state index contributed by atoms with van der Waals surface area (Å²) in [5, 5.41) is 12.9. The van der Waals surface area contributed by atoms with E-state index in [4.69, 9.17) is 0 Å². The number of carbonyl (C=O) groups is 1. The van der Waals surface area contributed by atoms with Crippen molar-refractivity contribution in [2.24, 2.45) is 0 Å². The number of anilines is 1. The van der Waals surface area contributed by atoms with Gasteiger partial charge in [-0.15, -0.1) is 0 Å². The lowest BCUT2D eigenvalue weighted by Gasteiger charge is -2.29. The van der Waals surface area contributed by atoms with E-state index in [-0.39, 0.29) is 6.03 Å². The van der Waals surface area contributed by atoms with E-state index in [1.807, 2.05) is 47.6 Å². The molecular weight excluding hydrogens is 388 g/mol. The van der Waals surface area contributed by atoms with Gasteiger partial charge in [-0.1, -0.05) is 30.3 Å². The number of aromatic nitrogens is 4. The number of nitrogens with one attached hydrogen (secondary N) is 3. The minimum absolute atomic E-state index is 0.0958. The first kappa shape index (κ1) is 17.7. The van der Waals surface area contributed by atoms with Gasteiger partial charge in [-0.2, -0.15) is 5.10 Å². The van der Waals surface area contributed by atoms with Crippen LogP contribution in [-0.2, 0) is 13.0 Å². The van der Waals surface area contributed by atoms with Crippen LogP contribution in [0.3, 0.4) is 0 Å². The molecule has 0 saturated heterocycles. The molecule has 1 aliphatic heterocycles. The Hall–Kier alpha value is -4.13. The van der Waals surface area contributed by atoms with Crippen molar-refractivity contribution in [2.45, 2.75) is 13.0 Å². The number of amides is 2. The van der Waals surface area contributed by atoms with E-state index in [9.17, 15) is 4.79 Å². The number of rotatable bonds is 2. The molecule has 6 rings (SSSR count). The molecule has 4 heterocycles. The van der Waals surface area contributed by atoms with Crippen molar-refractivity contribution in [2.75, 3.05) is 11.9 Å². The Kier molecular flexibility index (Phi) is 3.99. The molecule has 0 fully saturated rings. The Labute approximate surface area is 178 Å². The third-order valence-electron chi connectivity index (χ3n) is 5.92. The van der Waals surface area contributed by atoms with Gasteiger partial charge >= 0.3 is 6.03 Å². The van der Waals surface area contributed by atoms with Crippen LogP contribution < -0.4 is 5.32 Å². The smallest absolute Gasteiger partial charge is 0.322 e. The molecule has 2 aromatic carbocycles. The van der Waals surface area contributed by atoms with E-state index in [0.29, 0.717) is 13.1 Å². The molecule has 7 heteroatoms. The normalized spacial score (nSPS) is 13.5. The summed E-state index contributed by atoms with van der Waals surface area (Å²) in [4.78, 5) is 22.4. The van der Waals surface area contributed by atoms with E-state index in [2.05, 4.69) is 49.7 Å². The Bertz CT molecular complexity index is 1420. The van der Waals surface area contributed by atoms with Crippen LogP contribution >= 0.6 is 0 Å². The van der Waals surface area contributed by atoms with Crippen molar-refractivity contribution in [1.82, 2.24) is 25.1 Å². The molecule has 2 amide bonds. The Morgan fingerprint density at radius 3 is 2.90 bits per heavy atom. The summed E-state index contributed by atoms with van der Waals surface area (Å²) in [5.41, 5.74) is 6.87. The van der Waals surface area contributed by atoms with Gasteiger partial charge in [-0.3, -0.25) is 5.10 Å². The van der Waals surface area contributed by atoms with Crippen molar-refractivity contribution in [3.8, 4) is 11.3 Å².